The van der Waals surface area contributed by atoms with Gasteiger partial charge in [0, 0.05) is 13.1 Å². The molecule has 1 saturated carbocycles. The van der Waals surface area contributed by atoms with Crippen LogP contribution in [-0.4, -0.2) is 29.2 Å². The molecular weight excluding hydrogens is 262 g/mol. The predicted octanol–water partition coefficient (Wildman–Crippen LogP) is 3.23. The first kappa shape index (κ1) is 13.9. The second kappa shape index (κ2) is 5.35. The number of aryl methyl sites for hydroxylation is 1. The third-order valence-electron chi connectivity index (χ3n) is 4.45. The van der Waals surface area contributed by atoms with Gasteiger partial charge in [-0.05, 0) is 44.7 Å². The van der Waals surface area contributed by atoms with Crippen LogP contribution in [0.1, 0.15) is 35.8 Å². The summed E-state index contributed by atoms with van der Waals surface area (Å²) in [6.07, 6.45) is 3.48. The van der Waals surface area contributed by atoms with Gasteiger partial charge >= 0.3 is 0 Å². The van der Waals surface area contributed by atoms with Crippen molar-refractivity contribution in [2.75, 3.05) is 11.9 Å². The van der Waals surface area contributed by atoms with E-state index in [0.29, 0.717) is 11.6 Å². The van der Waals surface area contributed by atoms with Gasteiger partial charge in [0.2, 0.25) is 0 Å². The Kier molecular flexibility index (Phi) is 3.53. The van der Waals surface area contributed by atoms with E-state index in [0.717, 1.165) is 29.4 Å². The van der Waals surface area contributed by atoms with E-state index in [1.54, 1.807) is 0 Å². The topological polar surface area (TPSA) is 38.1 Å². The Morgan fingerprint density at radius 1 is 1.33 bits per heavy atom. The summed E-state index contributed by atoms with van der Waals surface area (Å²) >= 11 is 0. The van der Waals surface area contributed by atoms with Gasteiger partial charge in [-0.1, -0.05) is 18.2 Å². The molecule has 1 aromatic heterocycles. The summed E-state index contributed by atoms with van der Waals surface area (Å²) in [5.41, 5.74) is 2.45. The molecule has 110 valence electrons. The van der Waals surface area contributed by atoms with Crippen molar-refractivity contribution >= 4 is 12.1 Å². The zero-order chi connectivity index (χ0) is 15.0. The normalized spacial score (nSPS) is 15.8. The summed E-state index contributed by atoms with van der Waals surface area (Å²) < 4.78 is 1.89. The average molecular weight is 283 g/mol. The minimum absolute atomic E-state index is 0.419. The summed E-state index contributed by atoms with van der Waals surface area (Å²) in [6.45, 7) is 4.12. The smallest absolute Gasteiger partial charge is 0.155 e. The van der Waals surface area contributed by atoms with Gasteiger partial charge in [0.1, 0.15) is 5.82 Å². The van der Waals surface area contributed by atoms with Crippen molar-refractivity contribution < 1.29 is 4.79 Å². The third-order valence-corrected chi connectivity index (χ3v) is 4.45. The molecule has 2 aromatic rings. The Bertz CT molecular complexity index is 644. The molecule has 0 N–H and O–H groups in total. The molecule has 0 spiro atoms. The number of hydrogen-bond acceptors (Lipinski definition) is 3. The van der Waals surface area contributed by atoms with E-state index < -0.39 is 0 Å². The molecule has 0 aliphatic heterocycles. The van der Waals surface area contributed by atoms with Gasteiger partial charge in [0.05, 0.1) is 16.9 Å². The number of para-hydroxylation sites is 1. The van der Waals surface area contributed by atoms with Crippen LogP contribution in [0.3, 0.4) is 0 Å². The van der Waals surface area contributed by atoms with E-state index in [-0.39, 0.29) is 0 Å². The molecule has 1 heterocycles. The largest absolute Gasteiger partial charge is 0.356 e. The van der Waals surface area contributed by atoms with Gasteiger partial charge in [-0.15, -0.1) is 0 Å². The van der Waals surface area contributed by atoms with Crippen LogP contribution in [0.2, 0.25) is 0 Å². The molecule has 1 aliphatic rings. The number of benzene rings is 1. The molecule has 1 unspecified atom stereocenters. The van der Waals surface area contributed by atoms with Crippen LogP contribution in [0.5, 0.6) is 0 Å². The van der Waals surface area contributed by atoms with E-state index in [4.69, 9.17) is 0 Å². The van der Waals surface area contributed by atoms with Gasteiger partial charge in [-0.2, -0.15) is 5.10 Å². The molecular formula is C17H21N3O. The van der Waals surface area contributed by atoms with Crippen molar-refractivity contribution in [3.8, 4) is 5.69 Å². The lowest BCUT2D eigenvalue weighted by Crippen LogP contribution is -2.33. The van der Waals surface area contributed by atoms with Crippen LogP contribution in [0.25, 0.3) is 5.69 Å². The van der Waals surface area contributed by atoms with Crippen molar-refractivity contribution in [1.29, 1.82) is 0 Å². The van der Waals surface area contributed by atoms with Crippen molar-refractivity contribution in [2.24, 2.45) is 5.92 Å². The minimum atomic E-state index is 0.419. The first-order valence-electron chi connectivity index (χ1n) is 7.46. The molecule has 1 atom stereocenters. The fraction of sp³-hybridized carbons (Fsp3) is 0.412. The van der Waals surface area contributed by atoms with E-state index in [1.807, 2.05) is 41.9 Å². The predicted molar refractivity (Wildman–Crippen MR) is 84.3 cm³/mol. The second-order valence-corrected chi connectivity index (χ2v) is 5.88. The number of rotatable bonds is 5. The van der Waals surface area contributed by atoms with Gasteiger partial charge < -0.3 is 4.90 Å². The first-order chi connectivity index (χ1) is 10.1. The minimum Gasteiger partial charge on any atom is -0.356 e. The van der Waals surface area contributed by atoms with Gasteiger partial charge in [0.25, 0.3) is 0 Å². The summed E-state index contributed by atoms with van der Waals surface area (Å²) in [6, 6.07) is 10.4. The zero-order valence-corrected chi connectivity index (χ0v) is 12.8. The van der Waals surface area contributed by atoms with E-state index in [2.05, 4.69) is 24.0 Å². The highest BCUT2D eigenvalue weighted by molar-refractivity contribution is 5.85. The number of anilines is 1. The fourth-order valence-corrected chi connectivity index (χ4v) is 2.84. The SMILES string of the molecule is Cc1nn(-c2ccccc2)c(N(C)C(C)C2CC2)c1C=O. The molecule has 0 radical (unpaired) electrons. The Morgan fingerprint density at radius 2 is 2.00 bits per heavy atom. The highest BCUT2D eigenvalue weighted by atomic mass is 16.1. The lowest BCUT2D eigenvalue weighted by atomic mass is 10.1. The number of hydrogen-bond donors (Lipinski definition) is 0. The van der Waals surface area contributed by atoms with Crippen molar-refractivity contribution in [2.45, 2.75) is 32.7 Å². The summed E-state index contributed by atoms with van der Waals surface area (Å²) in [5, 5.41) is 4.58. The van der Waals surface area contributed by atoms with Crippen molar-refractivity contribution in [1.82, 2.24) is 9.78 Å². The van der Waals surface area contributed by atoms with Gasteiger partial charge in [-0.25, -0.2) is 4.68 Å². The summed E-state index contributed by atoms with van der Waals surface area (Å²) in [4.78, 5) is 13.7. The van der Waals surface area contributed by atoms with Crippen LogP contribution in [-0.2, 0) is 0 Å². The molecule has 1 aliphatic carbocycles. The average Bonchev–Trinajstić information content (AvgIpc) is 3.30. The molecule has 21 heavy (non-hydrogen) atoms. The monoisotopic (exact) mass is 283 g/mol. The maximum absolute atomic E-state index is 11.5. The highest BCUT2D eigenvalue weighted by Gasteiger charge is 2.33. The molecule has 1 aromatic carbocycles. The van der Waals surface area contributed by atoms with Crippen LogP contribution >= 0.6 is 0 Å². The number of nitrogens with zero attached hydrogens (tertiary/aromatic N) is 3. The van der Waals surface area contributed by atoms with Crippen LogP contribution in [0.4, 0.5) is 5.82 Å². The van der Waals surface area contributed by atoms with Gasteiger partial charge in [0.15, 0.2) is 6.29 Å². The van der Waals surface area contributed by atoms with Crippen LogP contribution < -0.4 is 4.90 Å². The Hall–Kier alpha value is -2.10. The first-order valence-corrected chi connectivity index (χ1v) is 7.46. The molecule has 0 bridgehead atoms. The molecule has 3 rings (SSSR count). The Balaban J connectivity index is 2.10. The van der Waals surface area contributed by atoms with Crippen molar-refractivity contribution in [3.05, 3.63) is 41.6 Å². The van der Waals surface area contributed by atoms with Gasteiger partial charge in [-0.3, -0.25) is 4.79 Å². The van der Waals surface area contributed by atoms with Crippen molar-refractivity contribution in [3.63, 3.8) is 0 Å². The standard InChI is InChI=1S/C17H21N3O/c1-12-16(11-21)17(19(3)13(2)14-9-10-14)20(18-12)15-7-5-4-6-8-15/h4-8,11,13-14H,9-10H2,1-3H3. The molecule has 1 fully saturated rings. The number of aromatic nitrogens is 2. The highest BCUT2D eigenvalue weighted by Crippen LogP contribution is 2.37. The lowest BCUT2D eigenvalue weighted by molar-refractivity contribution is 0.112. The number of carbonyl (C=O) groups is 1. The quantitative estimate of drug-likeness (QED) is 0.791. The third kappa shape index (κ3) is 2.46. The summed E-state index contributed by atoms with van der Waals surface area (Å²) in [5.74, 6) is 1.63. The molecule has 0 saturated heterocycles. The second-order valence-electron chi connectivity index (χ2n) is 5.88. The van der Waals surface area contributed by atoms with E-state index in [1.165, 1.54) is 12.8 Å². The maximum atomic E-state index is 11.5. The Morgan fingerprint density at radius 3 is 2.57 bits per heavy atom. The zero-order valence-electron chi connectivity index (χ0n) is 12.8. The van der Waals surface area contributed by atoms with Crippen LogP contribution in [0.15, 0.2) is 30.3 Å². The summed E-state index contributed by atoms with van der Waals surface area (Å²) in [7, 11) is 2.06. The van der Waals surface area contributed by atoms with E-state index >= 15 is 0 Å². The fourth-order valence-electron chi connectivity index (χ4n) is 2.84. The molecule has 0 amide bonds. The van der Waals surface area contributed by atoms with Crippen LogP contribution in [0, 0.1) is 12.8 Å². The molecule has 4 heteroatoms. The molecule has 4 nitrogen and oxygen atoms in total. The number of carbonyl (C=O) groups excluding carboxylic acids is 1. The van der Waals surface area contributed by atoms with E-state index in [9.17, 15) is 4.79 Å². The maximum Gasteiger partial charge on any atom is 0.155 e. The lowest BCUT2D eigenvalue weighted by Gasteiger charge is -2.28. The Labute approximate surface area is 125 Å². The number of aldehydes is 1.